The molecule has 0 amide bonds. The second-order valence-electron chi connectivity index (χ2n) is 5.73. The maximum atomic E-state index is 5.87. The van der Waals surface area contributed by atoms with Crippen molar-refractivity contribution >= 4 is 0 Å². The fourth-order valence-corrected chi connectivity index (χ4v) is 3.30. The van der Waals surface area contributed by atoms with Gasteiger partial charge < -0.3 is 14.6 Å². The molecule has 2 fully saturated rings. The number of nitrogens with zero attached hydrogens (tertiary/aromatic N) is 2. The third kappa shape index (κ3) is 2.25. The summed E-state index contributed by atoms with van der Waals surface area (Å²) >= 11 is 0. The van der Waals surface area contributed by atoms with Crippen molar-refractivity contribution in [1.29, 1.82) is 0 Å². The van der Waals surface area contributed by atoms with Gasteiger partial charge in [-0.2, -0.15) is 0 Å². The molecule has 0 spiro atoms. The zero-order valence-corrected chi connectivity index (χ0v) is 11.4. The first kappa shape index (κ1) is 12.1. The maximum absolute atomic E-state index is 5.87. The van der Waals surface area contributed by atoms with Gasteiger partial charge in [-0.25, -0.2) is 4.98 Å². The molecule has 1 aromatic heterocycles. The summed E-state index contributed by atoms with van der Waals surface area (Å²) in [4.78, 5) is 4.07. The standard InChI is InChI=1S/C16H19N3O/c1-3-13(19-8-7-17-11-19)4-2-12(1)10-18-15-9-14-5-6-16(15)20-14/h1-4,7-8,11,14-16,18H,5-6,9-10H2. The third-order valence-corrected chi connectivity index (χ3v) is 4.41. The molecule has 3 unspecified atom stereocenters. The molecule has 3 atom stereocenters. The molecule has 1 aromatic carbocycles. The van der Waals surface area contributed by atoms with E-state index in [0.29, 0.717) is 18.2 Å². The Bertz CT molecular complexity index is 564. The fourth-order valence-electron chi connectivity index (χ4n) is 3.30. The van der Waals surface area contributed by atoms with E-state index < -0.39 is 0 Å². The van der Waals surface area contributed by atoms with Crippen molar-refractivity contribution < 1.29 is 4.74 Å². The second-order valence-corrected chi connectivity index (χ2v) is 5.73. The third-order valence-electron chi connectivity index (χ3n) is 4.41. The van der Waals surface area contributed by atoms with Crippen molar-refractivity contribution in [2.45, 2.75) is 44.1 Å². The molecule has 0 aliphatic carbocycles. The number of fused-ring (bicyclic) bond motifs is 2. The van der Waals surface area contributed by atoms with E-state index in [-0.39, 0.29) is 0 Å². The van der Waals surface area contributed by atoms with Gasteiger partial charge in [0.25, 0.3) is 0 Å². The van der Waals surface area contributed by atoms with E-state index in [2.05, 4.69) is 34.6 Å². The Kier molecular flexibility index (Phi) is 3.05. The molecule has 20 heavy (non-hydrogen) atoms. The van der Waals surface area contributed by atoms with E-state index in [4.69, 9.17) is 4.74 Å². The van der Waals surface area contributed by atoms with E-state index >= 15 is 0 Å². The van der Waals surface area contributed by atoms with Crippen molar-refractivity contribution in [3.63, 3.8) is 0 Å². The van der Waals surface area contributed by atoms with Crippen LogP contribution in [-0.2, 0) is 11.3 Å². The summed E-state index contributed by atoms with van der Waals surface area (Å²) in [5.74, 6) is 0. The van der Waals surface area contributed by atoms with Crippen molar-refractivity contribution in [3.8, 4) is 5.69 Å². The number of hydrogen-bond donors (Lipinski definition) is 1. The first-order chi connectivity index (χ1) is 9.88. The molecule has 0 saturated carbocycles. The number of nitrogens with one attached hydrogen (secondary N) is 1. The molecule has 3 heterocycles. The zero-order chi connectivity index (χ0) is 13.4. The molecule has 2 aromatic rings. The largest absolute Gasteiger partial charge is 0.373 e. The van der Waals surface area contributed by atoms with E-state index in [1.165, 1.54) is 24.8 Å². The van der Waals surface area contributed by atoms with Gasteiger partial charge in [-0.3, -0.25) is 0 Å². The van der Waals surface area contributed by atoms with Crippen molar-refractivity contribution in [1.82, 2.24) is 14.9 Å². The predicted octanol–water partition coefficient (Wildman–Crippen LogP) is 2.28. The highest BCUT2D eigenvalue weighted by Gasteiger charge is 2.40. The Hall–Kier alpha value is -1.65. The van der Waals surface area contributed by atoms with E-state index in [1.54, 1.807) is 6.20 Å². The van der Waals surface area contributed by atoms with Crippen molar-refractivity contribution in [3.05, 3.63) is 48.5 Å². The van der Waals surface area contributed by atoms with Crippen LogP contribution in [0.3, 0.4) is 0 Å². The van der Waals surface area contributed by atoms with Crippen LogP contribution in [-0.4, -0.2) is 27.8 Å². The molecule has 0 radical (unpaired) electrons. The minimum Gasteiger partial charge on any atom is -0.373 e. The lowest BCUT2D eigenvalue weighted by molar-refractivity contribution is 0.0973. The number of hydrogen-bond acceptors (Lipinski definition) is 3. The van der Waals surface area contributed by atoms with Crippen molar-refractivity contribution in [2.24, 2.45) is 0 Å². The molecule has 4 nitrogen and oxygen atoms in total. The van der Waals surface area contributed by atoms with E-state index in [0.717, 1.165) is 12.2 Å². The molecule has 2 saturated heterocycles. The van der Waals surface area contributed by atoms with Crippen LogP contribution in [0, 0.1) is 0 Å². The minimum absolute atomic E-state index is 0.449. The highest BCUT2D eigenvalue weighted by molar-refractivity contribution is 5.34. The number of benzene rings is 1. The Morgan fingerprint density at radius 3 is 2.80 bits per heavy atom. The number of rotatable bonds is 4. The Labute approximate surface area is 118 Å². The van der Waals surface area contributed by atoms with Gasteiger partial charge in [0.2, 0.25) is 0 Å². The highest BCUT2D eigenvalue weighted by Crippen LogP contribution is 2.34. The van der Waals surface area contributed by atoms with Gasteiger partial charge in [-0.15, -0.1) is 0 Å². The van der Waals surface area contributed by atoms with Crippen LogP contribution in [0.25, 0.3) is 5.69 Å². The van der Waals surface area contributed by atoms with Crippen LogP contribution in [0.15, 0.2) is 43.0 Å². The Balaban J connectivity index is 1.37. The summed E-state index contributed by atoms with van der Waals surface area (Å²) in [7, 11) is 0. The van der Waals surface area contributed by atoms with Crippen LogP contribution in [0.5, 0.6) is 0 Å². The quantitative estimate of drug-likeness (QED) is 0.925. The second kappa shape index (κ2) is 5.04. The lowest BCUT2D eigenvalue weighted by Gasteiger charge is -2.20. The lowest BCUT2D eigenvalue weighted by atomic mass is 9.95. The average molecular weight is 269 g/mol. The molecule has 2 bridgehead atoms. The fraction of sp³-hybridized carbons (Fsp3) is 0.438. The van der Waals surface area contributed by atoms with Crippen LogP contribution >= 0.6 is 0 Å². The van der Waals surface area contributed by atoms with Crippen molar-refractivity contribution in [2.75, 3.05) is 0 Å². The van der Waals surface area contributed by atoms with Gasteiger partial charge in [0.1, 0.15) is 0 Å². The van der Waals surface area contributed by atoms with Gasteiger partial charge in [0, 0.05) is 30.7 Å². The highest BCUT2D eigenvalue weighted by atomic mass is 16.5. The van der Waals surface area contributed by atoms with Gasteiger partial charge in [0.05, 0.1) is 18.5 Å². The number of ether oxygens (including phenoxy) is 1. The SMILES string of the molecule is c1cn(-c2ccc(CNC3CC4CCC3O4)cc2)cn1. The molecule has 2 aliphatic rings. The van der Waals surface area contributed by atoms with E-state index in [9.17, 15) is 0 Å². The first-order valence-electron chi connectivity index (χ1n) is 7.34. The minimum atomic E-state index is 0.449. The van der Waals surface area contributed by atoms with Gasteiger partial charge in [0.15, 0.2) is 0 Å². The lowest BCUT2D eigenvalue weighted by Crippen LogP contribution is -2.36. The normalized spacial score (nSPS) is 28.1. The summed E-state index contributed by atoms with van der Waals surface area (Å²) in [5, 5.41) is 3.64. The Morgan fingerprint density at radius 2 is 2.15 bits per heavy atom. The molecule has 1 N–H and O–H groups in total. The molecular weight excluding hydrogens is 250 g/mol. The monoisotopic (exact) mass is 269 g/mol. The summed E-state index contributed by atoms with van der Waals surface area (Å²) in [6, 6.07) is 9.17. The molecular formula is C16H19N3O. The van der Waals surface area contributed by atoms with Crippen LogP contribution in [0.2, 0.25) is 0 Å². The van der Waals surface area contributed by atoms with Crippen LogP contribution < -0.4 is 5.32 Å². The maximum Gasteiger partial charge on any atom is 0.0991 e. The van der Waals surface area contributed by atoms with Gasteiger partial charge >= 0.3 is 0 Å². The van der Waals surface area contributed by atoms with Crippen LogP contribution in [0.1, 0.15) is 24.8 Å². The van der Waals surface area contributed by atoms with E-state index in [1.807, 2.05) is 17.1 Å². The number of imidazole rings is 1. The number of aromatic nitrogens is 2. The molecule has 4 rings (SSSR count). The average Bonchev–Trinajstić information content (AvgIpc) is 3.22. The predicted molar refractivity (Wildman–Crippen MR) is 76.7 cm³/mol. The summed E-state index contributed by atoms with van der Waals surface area (Å²) in [6.45, 7) is 0.918. The first-order valence-corrected chi connectivity index (χ1v) is 7.34. The smallest absolute Gasteiger partial charge is 0.0991 e. The summed E-state index contributed by atoms with van der Waals surface area (Å²) in [6.07, 6.45) is 10.2. The summed E-state index contributed by atoms with van der Waals surface area (Å²) in [5.41, 5.74) is 2.46. The molecule has 2 aliphatic heterocycles. The molecule has 104 valence electrons. The van der Waals surface area contributed by atoms with Gasteiger partial charge in [-0.05, 0) is 37.0 Å². The van der Waals surface area contributed by atoms with Gasteiger partial charge in [-0.1, -0.05) is 12.1 Å². The Morgan fingerprint density at radius 1 is 1.25 bits per heavy atom. The molecule has 4 heteroatoms. The van der Waals surface area contributed by atoms with Crippen LogP contribution in [0.4, 0.5) is 0 Å². The topological polar surface area (TPSA) is 39.1 Å². The summed E-state index contributed by atoms with van der Waals surface area (Å²) < 4.78 is 7.88. The zero-order valence-electron chi connectivity index (χ0n) is 11.4.